The molecule has 4 heteroatoms. The zero-order valence-corrected chi connectivity index (χ0v) is 15.0. The second-order valence-corrected chi connectivity index (χ2v) is 5.91. The average molecular weight is 300 g/mol. The van der Waals surface area contributed by atoms with Crippen LogP contribution < -0.4 is 0 Å². The summed E-state index contributed by atoms with van der Waals surface area (Å²) in [4.78, 5) is 4.80. The Balaban J connectivity index is 0.000000171. The predicted octanol–water partition coefficient (Wildman–Crippen LogP) is 2.62. The average Bonchev–Trinajstić information content (AvgIpc) is 3.15. The van der Waals surface area contributed by atoms with E-state index in [9.17, 15) is 0 Å². The lowest BCUT2D eigenvalue weighted by Crippen LogP contribution is -2.52. The first kappa shape index (κ1) is 18.9. The summed E-state index contributed by atoms with van der Waals surface area (Å²) in [6.07, 6.45) is 5.04. The molecule has 0 aromatic rings. The van der Waals surface area contributed by atoms with Crippen molar-refractivity contribution in [1.29, 1.82) is 0 Å². The van der Waals surface area contributed by atoms with Crippen LogP contribution in [-0.4, -0.2) is 74.5 Å². The van der Waals surface area contributed by atoms with Gasteiger partial charge < -0.3 is 9.47 Å². The molecule has 5 aliphatic rings. The van der Waals surface area contributed by atoms with Gasteiger partial charge in [-0.15, -0.1) is 0 Å². The molecule has 21 heavy (non-hydrogen) atoms. The van der Waals surface area contributed by atoms with Gasteiger partial charge in [-0.2, -0.15) is 0 Å². The molecule has 0 N–H and O–H groups in total. The molecule has 5 fully saturated rings. The van der Waals surface area contributed by atoms with Crippen LogP contribution in [0, 0.1) is 0 Å². The first-order valence-corrected chi connectivity index (χ1v) is 8.86. The third kappa shape index (κ3) is 5.20. The van der Waals surface area contributed by atoms with Crippen LogP contribution in [-0.2, 0) is 9.47 Å². The molecule has 4 unspecified atom stereocenters. The van der Waals surface area contributed by atoms with Gasteiger partial charge in [0, 0.05) is 25.2 Å². The summed E-state index contributed by atoms with van der Waals surface area (Å²) in [7, 11) is 4.37. The number of rotatable bonds is 0. The summed E-state index contributed by atoms with van der Waals surface area (Å²) in [5, 5.41) is 0. The van der Waals surface area contributed by atoms with Crippen molar-refractivity contribution >= 4 is 0 Å². The Morgan fingerprint density at radius 3 is 1.43 bits per heavy atom. The molecule has 0 spiro atoms. The number of hydrogen-bond donors (Lipinski definition) is 0. The Bertz CT molecular complexity index is 266. The summed E-state index contributed by atoms with van der Waals surface area (Å²) >= 11 is 0. The van der Waals surface area contributed by atoms with Crippen molar-refractivity contribution in [2.45, 2.75) is 71.2 Å². The minimum absolute atomic E-state index is 0.556. The Kier molecular flexibility index (Phi) is 8.79. The zero-order chi connectivity index (χ0) is 15.8. The number of morpholine rings is 2. The van der Waals surface area contributed by atoms with Gasteiger partial charge in [0.05, 0.1) is 25.4 Å². The fourth-order valence-corrected chi connectivity index (χ4v) is 3.35. The predicted molar refractivity (Wildman–Crippen MR) is 88.9 cm³/mol. The summed E-state index contributed by atoms with van der Waals surface area (Å²) in [5.41, 5.74) is 0. The lowest BCUT2D eigenvalue weighted by atomic mass is 9.98. The first-order chi connectivity index (χ1) is 10.2. The Hall–Kier alpha value is -0.160. The van der Waals surface area contributed by atoms with Crippen molar-refractivity contribution < 1.29 is 9.47 Å². The fourth-order valence-electron chi connectivity index (χ4n) is 3.35. The maximum Gasteiger partial charge on any atom is 0.0718 e. The number of likely N-dealkylation sites (tertiary alicyclic amines) is 1. The highest BCUT2D eigenvalue weighted by Crippen LogP contribution is 2.25. The number of ether oxygens (including phenoxy) is 2. The van der Waals surface area contributed by atoms with Gasteiger partial charge in [0.2, 0.25) is 0 Å². The number of piperidine rings is 1. The number of hydrogen-bond acceptors (Lipinski definition) is 4. The molecule has 0 saturated carbocycles. The van der Waals surface area contributed by atoms with E-state index in [0.29, 0.717) is 12.2 Å². The molecule has 5 saturated heterocycles. The van der Waals surface area contributed by atoms with Gasteiger partial charge in [0.1, 0.15) is 0 Å². The Morgan fingerprint density at radius 1 is 0.714 bits per heavy atom. The summed E-state index contributed by atoms with van der Waals surface area (Å²) in [6, 6.07) is 1.48. The molecule has 0 aliphatic carbocycles. The molecular weight excluding hydrogens is 264 g/mol. The van der Waals surface area contributed by atoms with Crippen LogP contribution >= 0.6 is 0 Å². The number of nitrogens with zero attached hydrogens (tertiary/aromatic N) is 2. The highest BCUT2D eigenvalue weighted by Gasteiger charge is 2.36. The van der Waals surface area contributed by atoms with Crippen molar-refractivity contribution in [3.05, 3.63) is 0 Å². The van der Waals surface area contributed by atoms with E-state index in [4.69, 9.17) is 9.47 Å². The van der Waals surface area contributed by atoms with Crippen molar-refractivity contribution in [3.8, 4) is 0 Å². The van der Waals surface area contributed by atoms with Crippen molar-refractivity contribution in [2.24, 2.45) is 0 Å². The molecule has 5 heterocycles. The van der Waals surface area contributed by atoms with E-state index >= 15 is 0 Å². The molecule has 4 bridgehead atoms. The molecular formula is C17H36N2O2. The maximum atomic E-state index is 5.51. The molecule has 0 radical (unpaired) electrons. The van der Waals surface area contributed by atoms with Crippen LogP contribution in [0.3, 0.4) is 0 Å². The summed E-state index contributed by atoms with van der Waals surface area (Å²) in [6.45, 7) is 12.3. The Morgan fingerprint density at radius 2 is 1.24 bits per heavy atom. The van der Waals surface area contributed by atoms with Crippen molar-refractivity contribution in [1.82, 2.24) is 9.80 Å². The van der Waals surface area contributed by atoms with Gasteiger partial charge in [-0.1, -0.05) is 27.7 Å². The SMILES string of the molecule is CC.CC.CN1CC2CC1CO2.CN1CC2CCC1CO2. The zero-order valence-electron chi connectivity index (χ0n) is 15.0. The maximum absolute atomic E-state index is 5.51. The number of likely N-dealkylation sites (N-methyl/N-ethyl adjacent to an activating group) is 2. The van der Waals surface area contributed by atoms with Crippen LogP contribution in [0.2, 0.25) is 0 Å². The van der Waals surface area contributed by atoms with Crippen LogP contribution in [0.1, 0.15) is 47.0 Å². The van der Waals surface area contributed by atoms with Gasteiger partial charge in [0.15, 0.2) is 0 Å². The van der Waals surface area contributed by atoms with Crippen molar-refractivity contribution in [2.75, 3.05) is 40.4 Å². The highest BCUT2D eigenvalue weighted by molar-refractivity contribution is 4.89. The van der Waals surface area contributed by atoms with E-state index in [-0.39, 0.29) is 0 Å². The fraction of sp³-hybridized carbons (Fsp3) is 1.00. The molecule has 4 nitrogen and oxygen atoms in total. The number of fused-ring (bicyclic) bond motifs is 5. The summed E-state index contributed by atoms with van der Waals surface area (Å²) in [5.74, 6) is 0. The van der Waals surface area contributed by atoms with Crippen LogP contribution in [0.5, 0.6) is 0 Å². The minimum Gasteiger partial charge on any atom is -0.375 e. The molecule has 5 rings (SSSR count). The van der Waals surface area contributed by atoms with Crippen LogP contribution in [0.4, 0.5) is 0 Å². The van der Waals surface area contributed by atoms with E-state index < -0.39 is 0 Å². The molecule has 0 aromatic heterocycles. The Labute approximate surface area is 131 Å². The second-order valence-electron chi connectivity index (χ2n) is 5.91. The molecule has 5 aliphatic heterocycles. The third-order valence-electron chi connectivity index (χ3n) is 4.64. The highest BCUT2D eigenvalue weighted by atomic mass is 16.5. The summed E-state index contributed by atoms with van der Waals surface area (Å²) < 4.78 is 10.9. The quantitative estimate of drug-likeness (QED) is 0.686. The molecule has 0 amide bonds. The molecule has 4 atom stereocenters. The molecule has 126 valence electrons. The van der Waals surface area contributed by atoms with E-state index in [2.05, 4.69) is 23.9 Å². The monoisotopic (exact) mass is 300 g/mol. The van der Waals surface area contributed by atoms with Gasteiger partial charge >= 0.3 is 0 Å². The van der Waals surface area contributed by atoms with E-state index in [1.807, 2.05) is 27.7 Å². The van der Waals surface area contributed by atoms with Crippen LogP contribution in [0.15, 0.2) is 0 Å². The smallest absolute Gasteiger partial charge is 0.0718 e. The standard InChI is InChI=1S/C7H13NO.C6H11NO.2C2H6/c1-8-4-7-3-2-6(8)5-9-7;1-7-3-6-2-5(7)4-8-6;2*1-2/h6-7H,2-5H2,1H3;5-6H,2-4H2,1H3;2*1-2H3. The van der Waals surface area contributed by atoms with Gasteiger partial charge in [-0.05, 0) is 33.4 Å². The van der Waals surface area contributed by atoms with Crippen LogP contribution in [0.25, 0.3) is 0 Å². The molecule has 0 aromatic carbocycles. The van der Waals surface area contributed by atoms with Gasteiger partial charge in [0.25, 0.3) is 0 Å². The van der Waals surface area contributed by atoms with E-state index in [1.54, 1.807) is 0 Å². The lowest BCUT2D eigenvalue weighted by molar-refractivity contribution is -0.0962. The van der Waals surface area contributed by atoms with E-state index in [1.165, 1.54) is 19.3 Å². The second kappa shape index (κ2) is 9.78. The third-order valence-corrected chi connectivity index (χ3v) is 4.64. The van der Waals surface area contributed by atoms with Crippen molar-refractivity contribution in [3.63, 3.8) is 0 Å². The lowest BCUT2D eigenvalue weighted by Gasteiger charge is -2.43. The topological polar surface area (TPSA) is 24.9 Å². The van der Waals surface area contributed by atoms with Gasteiger partial charge in [-0.25, -0.2) is 0 Å². The first-order valence-electron chi connectivity index (χ1n) is 8.86. The minimum atomic E-state index is 0.556. The van der Waals surface area contributed by atoms with E-state index in [0.717, 1.165) is 38.4 Å². The normalized spacial score (nSPS) is 36.9. The van der Waals surface area contributed by atoms with Gasteiger partial charge in [-0.3, -0.25) is 9.80 Å². The largest absolute Gasteiger partial charge is 0.375 e.